The normalized spacial score (nSPS) is 22.8. The van der Waals surface area contributed by atoms with Crippen LogP contribution in [-0.2, 0) is 0 Å². The predicted octanol–water partition coefficient (Wildman–Crippen LogP) is 4.27. The van der Waals surface area contributed by atoms with E-state index in [1.54, 1.807) is 16.3 Å². The highest BCUT2D eigenvalue weighted by Gasteiger charge is 2.38. The molecular formula is C15H29NSi. The second-order valence-electron chi connectivity index (χ2n) is 7.12. The molecule has 2 heteroatoms. The Labute approximate surface area is 108 Å². The zero-order valence-electron chi connectivity index (χ0n) is 12.9. The molecule has 0 saturated heterocycles. The molecule has 0 spiro atoms. The minimum atomic E-state index is -1.40. The Balaban J connectivity index is 3.11. The first-order valence-corrected chi connectivity index (χ1v) is 9.86. The van der Waals surface area contributed by atoms with E-state index in [0.717, 1.165) is 6.04 Å². The van der Waals surface area contributed by atoms with Crippen molar-refractivity contribution >= 4 is 8.07 Å². The average Bonchev–Trinajstić information content (AvgIpc) is 2.27. The largest absolute Gasteiger partial charge is 0.326 e. The van der Waals surface area contributed by atoms with Crippen LogP contribution in [0.15, 0.2) is 21.9 Å². The van der Waals surface area contributed by atoms with Crippen molar-refractivity contribution in [2.24, 2.45) is 11.7 Å². The van der Waals surface area contributed by atoms with Crippen LogP contribution in [-0.4, -0.2) is 13.6 Å². The Bertz CT molecular complexity index is 380. The topological polar surface area (TPSA) is 26.0 Å². The molecule has 0 saturated carbocycles. The first-order chi connectivity index (χ1) is 7.47. The Morgan fingerprint density at radius 2 is 1.59 bits per heavy atom. The summed E-state index contributed by atoms with van der Waals surface area (Å²) >= 11 is 0. The van der Waals surface area contributed by atoms with Crippen LogP contribution in [0.4, 0.5) is 0 Å². The zero-order valence-corrected chi connectivity index (χ0v) is 13.9. The molecule has 0 heterocycles. The van der Waals surface area contributed by atoms with E-state index in [1.807, 2.05) is 0 Å². The van der Waals surface area contributed by atoms with E-state index in [9.17, 15) is 0 Å². The highest BCUT2D eigenvalue weighted by Crippen LogP contribution is 2.43. The van der Waals surface area contributed by atoms with Gasteiger partial charge in [0.1, 0.15) is 0 Å². The van der Waals surface area contributed by atoms with Crippen molar-refractivity contribution in [2.75, 3.05) is 0 Å². The molecule has 0 radical (unpaired) electrons. The van der Waals surface area contributed by atoms with Gasteiger partial charge in [-0.15, -0.1) is 0 Å². The van der Waals surface area contributed by atoms with Crippen LogP contribution >= 0.6 is 0 Å². The monoisotopic (exact) mass is 251 g/mol. The van der Waals surface area contributed by atoms with Gasteiger partial charge in [-0.05, 0) is 52.2 Å². The summed E-state index contributed by atoms with van der Waals surface area (Å²) in [6.45, 7) is 18.5. The summed E-state index contributed by atoms with van der Waals surface area (Å²) in [5, 5.41) is 1.73. The summed E-state index contributed by atoms with van der Waals surface area (Å²) in [4.78, 5) is 0. The lowest BCUT2D eigenvalue weighted by Crippen LogP contribution is -2.44. The fourth-order valence-corrected chi connectivity index (χ4v) is 8.75. The summed E-state index contributed by atoms with van der Waals surface area (Å²) in [6.07, 6.45) is 0. The molecule has 1 unspecified atom stereocenters. The smallest absolute Gasteiger partial charge is 0.0783 e. The van der Waals surface area contributed by atoms with Gasteiger partial charge in [0.2, 0.25) is 0 Å². The second kappa shape index (κ2) is 4.40. The van der Waals surface area contributed by atoms with Crippen molar-refractivity contribution in [3.63, 3.8) is 0 Å². The van der Waals surface area contributed by atoms with Crippen molar-refractivity contribution in [3.8, 4) is 0 Å². The van der Waals surface area contributed by atoms with Crippen LogP contribution < -0.4 is 5.73 Å². The third kappa shape index (κ3) is 2.91. The molecule has 98 valence electrons. The van der Waals surface area contributed by atoms with Gasteiger partial charge in [-0.25, -0.2) is 0 Å². The van der Waals surface area contributed by atoms with Crippen molar-refractivity contribution in [3.05, 3.63) is 21.9 Å². The first-order valence-electron chi connectivity index (χ1n) is 6.65. The number of nitrogens with two attached hydrogens (primary N) is 1. The van der Waals surface area contributed by atoms with Gasteiger partial charge in [-0.2, -0.15) is 0 Å². The zero-order chi connectivity index (χ0) is 13.6. The molecule has 0 aromatic rings. The molecule has 0 aliphatic heterocycles. The van der Waals surface area contributed by atoms with E-state index in [0.29, 0.717) is 5.92 Å². The molecule has 0 amide bonds. The molecule has 1 aliphatic carbocycles. The Kier molecular flexibility index (Phi) is 3.81. The molecule has 17 heavy (non-hydrogen) atoms. The number of rotatable bonds is 3. The molecule has 0 aromatic heterocycles. The van der Waals surface area contributed by atoms with Gasteiger partial charge in [-0.1, -0.05) is 36.4 Å². The SMILES string of the molecule is CC1=C(C)C(C)C([Si](C)(C)CC(C)(C)N)=C1C. The molecule has 0 aromatic carbocycles. The third-order valence-corrected chi connectivity index (χ3v) is 8.33. The van der Waals surface area contributed by atoms with Gasteiger partial charge in [0.25, 0.3) is 0 Å². The van der Waals surface area contributed by atoms with Crippen molar-refractivity contribution in [2.45, 2.75) is 66.2 Å². The van der Waals surface area contributed by atoms with E-state index in [1.165, 1.54) is 5.57 Å². The van der Waals surface area contributed by atoms with Gasteiger partial charge in [-0.3, -0.25) is 0 Å². The van der Waals surface area contributed by atoms with Crippen LogP contribution in [0.1, 0.15) is 41.5 Å². The van der Waals surface area contributed by atoms with Crippen LogP contribution in [0.25, 0.3) is 0 Å². The lowest BCUT2D eigenvalue weighted by Gasteiger charge is -2.35. The highest BCUT2D eigenvalue weighted by molar-refractivity contribution is 6.84. The van der Waals surface area contributed by atoms with Gasteiger partial charge < -0.3 is 5.73 Å². The third-order valence-electron chi connectivity index (χ3n) is 4.27. The molecule has 1 rings (SSSR count). The van der Waals surface area contributed by atoms with Crippen LogP contribution in [0.3, 0.4) is 0 Å². The first kappa shape index (κ1) is 14.7. The van der Waals surface area contributed by atoms with E-state index in [2.05, 4.69) is 54.6 Å². The van der Waals surface area contributed by atoms with Crippen molar-refractivity contribution < 1.29 is 0 Å². The van der Waals surface area contributed by atoms with Crippen LogP contribution in [0.5, 0.6) is 0 Å². The Morgan fingerprint density at radius 1 is 1.12 bits per heavy atom. The molecule has 0 fully saturated rings. The van der Waals surface area contributed by atoms with Gasteiger partial charge in [0, 0.05) is 5.54 Å². The van der Waals surface area contributed by atoms with E-state index in [-0.39, 0.29) is 5.54 Å². The van der Waals surface area contributed by atoms with Crippen molar-refractivity contribution in [1.29, 1.82) is 0 Å². The molecule has 0 bridgehead atoms. The Morgan fingerprint density at radius 3 is 1.88 bits per heavy atom. The lowest BCUT2D eigenvalue weighted by atomic mass is 10.1. The van der Waals surface area contributed by atoms with E-state index in [4.69, 9.17) is 5.73 Å². The predicted molar refractivity (Wildman–Crippen MR) is 80.8 cm³/mol. The molecule has 2 N–H and O–H groups in total. The quantitative estimate of drug-likeness (QED) is 0.745. The lowest BCUT2D eigenvalue weighted by molar-refractivity contribution is 0.569. The molecular weight excluding hydrogens is 222 g/mol. The maximum absolute atomic E-state index is 6.25. The number of hydrogen-bond acceptors (Lipinski definition) is 1. The summed E-state index contributed by atoms with van der Waals surface area (Å²) in [6, 6.07) is 1.16. The molecule has 1 atom stereocenters. The number of allylic oxidation sites excluding steroid dienone is 4. The summed E-state index contributed by atoms with van der Waals surface area (Å²) in [5.74, 6) is 0.638. The van der Waals surface area contributed by atoms with Gasteiger partial charge in [0.05, 0.1) is 8.07 Å². The standard InChI is InChI=1S/C15H29NSi/c1-10-11(2)13(4)14(12(10)3)17(7,8)9-15(5,6)16/h12H,9,16H2,1-8H3. The molecule has 1 nitrogen and oxygen atoms in total. The molecule has 1 aliphatic rings. The number of hydrogen-bond donors (Lipinski definition) is 1. The maximum Gasteiger partial charge on any atom is 0.0783 e. The van der Waals surface area contributed by atoms with Gasteiger partial charge in [0.15, 0.2) is 0 Å². The van der Waals surface area contributed by atoms with E-state index < -0.39 is 8.07 Å². The Hall–Kier alpha value is -0.343. The summed E-state index contributed by atoms with van der Waals surface area (Å²) < 4.78 is 0. The minimum Gasteiger partial charge on any atom is -0.326 e. The van der Waals surface area contributed by atoms with Crippen molar-refractivity contribution in [1.82, 2.24) is 0 Å². The highest BCUT2D eigenvalue weighted by atomic mass is 28.3. The summed E-state index contributed by atoms with van der Waals surface area (Å²) in [5.41, 5.74) is 10.8. The van der Waals surface area contributed by atoms with Crippen LogP contribution in [0, 0.1) is 5.92 Å². The van der Waals surface area contributed by atoms with Gasteiger partial charge >= 0.3 is 0 Å². The van der Waals surface area contributed by atoms with E-state index >= 15 is 0 Å². The fraction of sp³-hybridized carbons (Fsp3) is 0.733. The maximum atomic E-state index is 6.25. The average molecular weight is 251 g/mol. The van der Waals surface area contributed by atoms with Crippen LogP contribution in [0.2, 0.25) is 19.1 Å². The second-order valence-corrected chi connectivity index (χ2v) is 11.8. The summed E-state index contributed by atoms with van der Waals surface area (Å²) in [7, 11) is -1.40. The minimum absolute atomic E-state index is 0.0485. The fourth-order valence-electron chi connectivity index (χ4n) is 3.69.